The Hall–Kier alpha value is -2.09. The number of nitrogens with one attached hydrogen (secondary N) is 1. The van der Waals surface area contributed by atoms with E-state index in [0.29, 0.717) is 16.5 Å². The number of hydrogen-bond acceptors (Lipinski definition) is 7. The van der Waals surface area contributed by atoms with E-state index in [2.05, 4.69) is 15.3 Å². The van der Waals surface area contributed by atoms with Crippen LogP contribution in [0.25, 0.3) is 0 Å². The maximum absolute atomic E-state index is 9.12. The largest absolute Gasteiger partial charge is 0.452 e. The van der Waals surface area contributed by atoms with Crippen LogP contribution in [0.3, 0.4) is 0 Å². The van der Waals surface area contributed by atoms with Gasteiger partial charge in [0, 0.05) is 5.02 Å². The molecule has 0 unspecified atom stereocenters. The summed E-state index contributed by atoms with van der Waals surface area (Å²) in [4.78, 5) is 7.87. The zero-order chi connectivity index (χ0) is 15.2. The Labute approximate surface area is 126 Å². The first kappa shape index (κ1) is 15.3. The van der Waals surface area contributed by atoms with Gasteiger partial charge < -0.3 is 26.0 Å². The molecule has 0 aliphatic rings. The SMILES string of the molecule is Nc1ncc(Oc2ccc(Cl)cc2)c(NC(CO)CO)n1. The summed E-state index contributed by atoms with van der Waals surface area (Å²) in [7, 11) is 0. The number of halogens is 1. The molecule has 0 spiro atoms. The third-order valence-corrected chi connectivity index (χ3v) is 2.85. The smallest absolute Gasteiger partial charge is 0.222 e. The molecule has 0 saturated carbocycles. The predicted octanol–water partition coefficient (Wildman–Crippen LogP) is 1.27. The molecular formula is C13H15ClN4O3. The van der Waals surface area contributed by atoms with Crippen LogP contribution in [0.1, 0.15) is 0 Å². The molecule has 0 fully saturated rings. The van der Waals surface area contributed by atoms with E-state index in [4.69, 9.17) is 32.3 Å². The number of benzene rings is 1. The first-order valence-corrected chi connectivity index (χ1v) is 6.54. The van der Waals surface area contributed by atoms with Gasteiger partial charge in [-0.05, 0) is 24.3 Å². The highest BCUT2D eigenvalue weighted by atomic mass is 35.5. The van der Waals surface area contributed by atoms with Crippen LogP contribution in [0.2, 0.25) is 5.02 Å². The Bertz CT molecular complexity index is 590. The van der Waals surface area contributed by atoms with Gasteiger partial charge in [-0.25, -0.2) is 4.98 Å². The van der Waals surface area contributed by atoms with E-state index in [0.717, 1.165) is 0 Å². The third-order valence-electron chi connectivity index (χ3n) is 2.60. The van der Waals surface area contributed by atoms with Gasteiger partial charge in [-0.3, -0.25) is 0 Å². The fourth-order valence-electron chi connectivity index (χ4n) is 1.53. The number of nitrogens with two attached hydrogens (primary N) is 1. The van der Waals surface area contributed by atoms with Crippen molar-refractivity contribution >= 4 is 23.4 Å². The lowest BCUT2D eigenvalue weighted by molar-refractivity contribution is 0.203. The number of aromatic nitrogens is 2. The van der Waals surface area contributed by atoms with E-state index in [1.807, 2.05) is 0 Å². The monoisotopic (exact) mass is 310 g/mol. The standard InChI is InChI=1S/C13H15ClN4O3/c14-8-1-3-10(4-2-8)21-11-5-16-13(15)18-12(11)17-9(6-19)7-20/h1-5,9,19-20H,6-7H2,(H3,15,16,17,18). The molecule has 0 saturated heterocycles. The topological polar surface area (TPSA) is 114 Å². The Morgan fingerprint density at radius 3 is 2.52 bits per heavy atom. The number of aliphatic hydroxyl groups is 2. The highest BCUT2D eigenvalue weighted by Crippen LogP contribution is 2.28. The van der Waals surface area contributed by atoms with Crippen molar-refractivity contribution in [2.24, 2.45) is 0 Å². The summed E-state index contributed by atoms with van der Waals surface area (Å²) in [6.07, 6.45) is 1.41. The number of nitrogens with zero attached hydrogens (tertiary/aromatic N) is 2. The van der Waals surface area contributed by atoms with E-state index in [-0.39, 0.29) is 25.0 Å². The number of ether oxygens (including phenoxy) is 1. The molecule has 0 bridgehead atoms. The summed E-state index contributed by atoms with van der Waals surface area (Å²) in [6, 6.07) is 6.18. The van der Waals surface area contributed by atoms with Crippen LogP contribution in [0.5, 0.6) is 11.5 Å². The van der Waals surface area contributed by atoms with Crippen LogP contribution in [-0.4, -0.2) is 39.4 Å². The summed E-state index contributed by atoms with van der Waals surface area (Å²) < 4.78 is 5.64. The second-order valence-electron chi connectivity index (χ2n) is 4.20. The lowest BCUT2D eigenvalue weighted by Crippen LogP contribution is -2.28. The van der Waals surface area contributed by atoms with E-state index < -0.39 is 6.04 Å². The summed E-state index contributed by atoms with van der Waals surface area (Å²) in [5, 5.41) is 21.7. The van der Waals surface area contributed by atoms with Gasteiger partial charge in [0.25, 0.3) is 0 Å². The van der Waals surface area contributed by atoms with E-state index in [9.17, 15) is 0 Å². The molecule has 0 atom stereocenters. The zero-order valence-corrected chi connectivity index (χ0v) is 11.8. The van der Waals surface area contributed by atoms with Gasteiger partial charge in [0.2, 0.25) is 5.95 Å². The van der Waals surface area contributed by atoms with Crippen molar-refractivity contribution in [2.45, 2.75) is 6.04 Å². The third kappa shape index (κ3) is 4.19. The van der Waals surface area contributed by atoms with Gasteiger partial charge in [-0.2, -0.15) is 4.98 Å². The van der Waals surface area contributed by atoms with Crippen LogP contribution >= 0.6 is 11.6 Å². The average Bonchev–Trinajstić information content (AvgIpc) is 2.49. The predicted molar refractivity (Wildman–Crippen MR) is 79.6 cm³/mol. The molecule has 8 heteroatoms. The Balaban J connectivity index is 2.23. The van der Waals surface area contributed by atoms with Crippen LogP contribution < -0.4 is 15.8 Å². The molecular weight excluding hydrogens is 296 g/mol. The van der Waals surface area contributed by atoms with Gasteiger partial charge in [0.05, 0.1) is 25.5 Å². The van der Waals surface area contributed by atoms with Crippen molar-refractivity contribution in [2.75, 3.05) is 24.3 Å². The molecule has 0 amide bonds. The molecule has 0 radical (unpaired) electrons. The van der Waals surface area contributed by atoms with E-state index in [1.165, 1.54) is 6.20 Å². The molecule has 1 aromatic heterocycles. The van der Waals surface area contributed by atoms with Crippen molar-refractivity contribution in [1.82, 2.24) is 9.97 Å². The maximum atomic E-state index is 9.12. The lowest BCUT2D eigenvalue weighted by atomic mass is 10.3. The van der Waals surface area contributed by atoms with E-state index >= 15 is 0 Å². The summed E-state index contributed by atoms with van der Waals surface area (Å²) in [5.41, 5.74) is 5.54. The lowest BCUT2D eigenvalue weighted by Gasteiger charge is -2.17. The van der Waals surface area contributed by atoms with Crippen LogP contribution in [0, 0.1) is 0 Å². The highest BCUT2D eigenvalue weighted by Gasteiger charge is 2.13. The summed E-state index contributed by atoms with van der Waals surface area (Å²) >= 11 is 5.81. The summed E-state index contributed by atoms with van der Waals surface area (Å²) in [5.74, 6) is 1.19. The average molecular weight is 311 g/mol. The number of hydrogen-bond donors (Lipinski definition) is 4. The van der Waals surface area contributed by atoms with E-state index in [1.54, 1.807) is 24.3 Å². The van der Waals surface area contributed by atoms with Crippen molar-refractivity contribution in [1.29, 1.82) is 0 Å². The van der Waals surface area contributed by atoms with Gasteiger partial charge in [-0.1, -0.05) is 11.6 Å². The highest BCUT2D eigenvalue weighted by molar-refractivity contribution is 6.30. The quantitative estimate of drug-likeness (QED) is 0.635. The fraction of sp³-hybridized carbons (Fsp3) is 0.231. The molecule has 1 heterocycles. The van der Waals surface area contributed by atoms with Crippen molar-refractivity contribution < 1.29 is 14.9 Å². The van der Waals surface area contributed by atoms with Crippen molar-refractivity contribution in [3.8, 4) is 11.5 Å². The van der Waals surface area contributed by atoms with Crippen molar-refractivity contribution in [3.63, 3.8) is 0 Å². The zero-order valence-electron chi connectivity index (χ0n) is 11.0. The maximum Gasteiger partial charge on any atom is 0.222 e. The molecule has 2 rings (SSSR count). The van der Waals surface area contributed by atoms with Crippen LogP contribution in [0.4, 0.5) is 11.8 Å². The number of rotatable bonds is 6. The van der Waals surface area contributed by atoms with Crippen LogP contribution in [-0.2, 0) is 0 Å². The minimum absolute atomic E-state index is 0.0515. The first-order chi connectivity index (χ1) is 10.1. The first-order valence-electron chi connectivity index (χ1n) is 6.16. The second-order valence-corrected chi connectivity index (χ2v) is 4.64. The molecule has 112 valence electrons. The van der Waals surface area contributed by atoms with Gasteiger partial charge in [0.15, 0.2) is 11.6 Å². The summed E-state index contributed by atoms with van der Waals surface area (Å²) in [6.45, 7) is -0.526. The fourth-order valence-corrected chi connectivity index (χ4v) is 1.66. The number of anilines is 2. The molecule has 1 aromatic carbocycles. The Morgan fingerprint density at radius 1 is 1.24 bits per heavy atom. The number of nitrogen functional groups attached to an aromatic ring is 1. The van der Waals surface area contributed by atoms with Gasteiger partial charge >= 0.3 is 0 Å². The molecule has 7 nitrogen and oxygen atoms in total. The minimum Gasteiger partial charge on any atom is -0.452 e. The Morgan fingerprint density at radius 2 is 1.90 bits per heavy atom. The normalized spacial score (nSPS) is 10.7. The van der Waals surface area contributed by atoms with Crippen LogP contribution in [0.15, 0.2) is 30.5 Å². The van der Waals surface area contributed by atoms with Crippen molar-refractivity contribution in [3.05, 3.63) is 35.5 Å². The molecule has 2 aromatic rings. The number of aliphatic hydroxyl groups excluding tert-OH is 2. The molecule has 21 heavy (non-hydrogen) atoms. The van der Waals surface area contributed by atoms with Gasteiger partial charge in [0.1, 0.15) is 5.75 Å². The minimum atomic E-state index is -0.577. The van der Waals surface area contributed by atoms with Gasteiger partial charge in [-0.15, -0.1) is 0 Å². The molecule has 5 N–H and O–H groups in total. The second kappa shape index (κ2) is 7.07. The molecule has 0 aliphatic heterocycles. The Kier molecular flexibility index (Phi) is 5.15. The molecule has 0 aliphatic carbocycles.